The Kier molecular flexibility index (Phi) is 3.54. The molecule has 2 aromatic rings. The van der Waals surface area contributed by atoms with Gasteiger partial charge in [-0.2, -0.15) is 0 Å². The molecule has 0 amide bonds. The van der Waals surface area contributed by atoms with Gasteiger partial charge in [0.25, 0.3) is 0 Å². The van der Waals surface area contributed by atoms with Crippen molar-refractivity contribution in [2.75, 3.05) is 11.9 Å². The lowest BCUT2D eigenvalue weighted by Crippen LogP contribution is -2.23. The maximum absolute atomic E-state index is 5.86. The summed E-state index contributed by atoms with van der Waals surface area (Å²) in [5.74, 6) is 1.49. The van der Waals surface area contributed by atoms with E-state index in [-0.39, 0.29) is 6.04 Å². The van der Waals surface area contributed by atoms with E-state index < -0.39 is 0 Å². The lowest BCUT2D eigenvalue weighted by molar-refractivity contribution is 0.288. The molecule has 0 bridgehead atoms. The number of hydrogen-bond donors (Lipinski definition) is 1. The number of nitrogens with one attached hydrogen (secondary N) is 1. The minimum atomic E-state index is 0.242. The van der Waals surface area contributed by atoms with Crippen molar-refractivity contribution in [3.05, 3.63) is 44.6 Å². The predicted octanol–water partition coefficient (Wildman–Crippen LogP) is 5.18. The fraction of sp³-hybridized carbons (Fsp3) is 0.333. The molecule has 0 fully saturated rings. The Morgan fingerprint density at radius 3 is 2.89 bits per heavy atom. The molecule has 100 valence electrons. The Balaban J connectivity index is 1.88. The minimum Gasteiger partial charge on any atom is -0.489 e. The van der Waals surface area contributed by atoms with Gasteiger partial charge >= 0.3 is 0 Å². The van der Waals surface area contributed by atoms with Crippen molar-refractivity contribution in [2.24, 2.45) is 0 Å². The number of halogens is 1. The summed E-state index contributed by atoms with van der Waals surface area (Å²) in [6.45, 7) is 5.10. The van der Waals surface area contributed by atoms with Crippen LogP contribution in [0, 0.1) is 0 Å². The third-order valence-electron chi connectivity index (χ3n) is 3.34. The monoisotopic (exact) mass is 337 g/mol. The highest BCUT2D eigenvalue weighted by Gasteiger charge is 2.22. The summed E-state index contributed by atoms with van der Waals surface area (Å²) in [6.07, 6.45) is 0. The molecule has 1 atom stereocenters. The molecule has 1 aliphatic heterocycles. The largest absolute Gasteiger partial charge is 0.489 e. The lowest BCUT2D eigenvalue weighted by atomic mass is 10.0. The number of anilines is 1. The Morgan fingerprint density at radius 1 is 1.37 bits per heavy atom. The average Bonchev–Trinajstić information content (AvgIpc) is 2.84. The van der Waals surface area contributed by atoms with Crippen LogP contribution < -0.4 is 10.1 Å². The fourth-order valence-electron chi connectivity index (χ4n) is 2.21. The molecule has 0 aliphatic carbocycles. The van der Waals surface area contributed by atoms with Crippen molar-refractivity contribution < 1.29 is 4.74 Å². The van der Waals surface area contributed by atoms with Gasteiger partial charge < -0.3 is 10.1 Å². The van der Waals surface area contributed by atoms with E-state index in [9.17, 15) is 0 Å². The first-order chi connectivity index (χ1) is 9.13. The van der Waals surface area contributed by atoms with Crippen LogP contribution in [0.3, 0.4) is 0 Å². The first-order valence-electron chi connectivity index (χ1n) is 6.40. The van der Waals surface area contributed by atoms with Crippen molar-refractivity contribution in [3.8, 4) is 5.75 Å². The van der Waals surface area contributed by atoms with Crippen LogP contribution in [-0.2, 0) is 0 Å². The molecule has 1 aromatic heterocycles. The zero-order chi connectivity index (χ0) is 13.4. The molecule has 2 nitrogen and oxygen atoms in total. The van der Waals surface area contributed by atoms with Crippen molar-refractivity contribution in [1.29, 1.82) is 0 Å². The molecule has 19 heavy (non-hydrogen) atoms. The molecule has 0 saturated heterocycles. The average molecular weight is 338 g/mol. The number of fused-ring (bicyclic) bond motifs is 1. The highest BCUT2D eigenvalue weighted by atomic mass is 79.9. The van der Waals surface area contributed by atoms with Gasteiger partial charge in [-0.1, -0.05) is 19.9 Å². The van der Waals surface area contributed by atoms with Crippen LogP contribution in [0.4, 0.5) is 5.69 Å². The molecule has 4 heteroatoms. The van der Waals surface area contributed by atoms with Gasteiger partial charge in [-0.05, 0) is 45.6 Å². The van der Waals surface area contributed by atoms with E-state index in [1.165, 1.54) is 10.4 Å². The molecule has 3 rings (SSSR count). The summed E-state index contributed by atoms with van der Waals surface area (Å²) in [4.78, 5) is 1.30. The van der Waals surface area contributed by atoms with Crippen molar-refractivity contribution in [3.63, 3.8) is 0 Å². The van der Waals surface area contributed by atoms with E-state index in [2.05, 4.69) is 64.7 Å². The first kappa shape index (κ1) is 13.0. The molecule has 0 radical (unpaired) electrons. The number of rotatable bonds is 2. The number of hydrogen-bond acceptors (Lipinski definition) is 3. The summed E-state index contributed by atoms with van der Waals surface area (Å²) in [5.41, 5.74) is 2.44. The maximum Gasteiger partial charge on any atom is 0.142 e. The fourth-order valence-corrected chi connectivity index (χ4v) is 3.69. The van der Waals surface area contributed by atoms with Crippen LogP contribution in [0.1, 0.15) is 36.2 Å². The van der Waals surface area contributed by atoms with Gasteiger partial charge in [0, 0.05) is 14.7 Å². The SMILES string of the molecule is CC(C)c1ccc2c(c1)NC(c1cc(Br)cs1)CO2. The second kappa shape index (κ2) is 5.17. The van der Waals surface area contributed by atoms with Gasteiger partial charge in [0.15, 0.2) is 0 Å². The molecule has 0 saturated carbocycles. The zero-order valence-electron chi connectivity index (χ0n) is 10.9. The molecule has 2 heterocycles. The van der Waals surface area contributed by atoms with Crippen molar-refractivity contribution >= 4 is 33.0 Å². The summed E-state index contributed by atoms with van der Waals surface area (Å²) in [7, 11) is 0. The Hall–Kier alpha value is -1.000. The summed E-state index contributed by atoms with van der Waals surface area (Å²) in [6, 6.07) is 8.81. The van der Waals surface area contributed by atoms with E-state index in [1.807, 2.05) is 0 Å². The zero-order valence-corrected chi connectivity index (χ0v) is 13.3. The number of benzene rings is 1. The van der Waals surface area contributed by atoms with Crippen LogP contribution >= 0.6 is 27.3 Å². The van der Waals surface area contributed by atoms with Crippen molar-refractivity contribution in [1.82, 2.24) is 0 Å². The molecular formula is C15H16BrNOS. The highest BCUT2D eigenvalue weighted by molar-refractivity contribution is 9.10. The summed E-state index contributed by atoms with van der Waals surface area (Å²) in [5, 5.41) is 5.69. The molecule has 1 unspecified atom stereocenters. The van der Waals surface area contributed by atoms with Crippen LogP contribution in [0.25, 0.3) is 0 Å². The van der Waals surface area contributed by atoms with Gasteiger partial charge in [-0.15, -0.1) is 11.3 Å². The van der Waals surface area contributed by atoms with E-state index in [1.54, 1.807) is 11.3 Å². The lowest BCUT2D eigenvalue weighted by Gasteiger charge is -2.27. The molecular weight excluding hydrogens is 322 g/mol. The Bertz CT molecular complexity index is 594. The quantitative estimate of drug-likeness (QED) is 0.815. The van der Waals surface area contributed by atoms with Crippen LogP contribution in [0.15, 0.2) is 34.1 Å². The Morgan fingerprint density at radius 2 is 2.21 bits per heavy atom. The van der Waals surface area contributed by atoms with Crippen LogP contribution in [-0.4, -0.2) is 6.61 Å². The van der Waals surface area contributed by atoms with Gasteiger partial charge in [-0.25, -0.2) is 0 Å². The van der Waals surface area contributed by atoms with Crippen LogP contribution in [0.5, 0.6) is 5.75 Å². The van der Waals surface area contributed by atoms with Gasteiger partial charge in [0.2, 0.25) is 0 Å². The van der Waals surface area contributed by atoms with E-state index in [0.717, 1.165) is 15.9 Å². The second-order valence-electron chi connectivity index (χ2n) is 5.09. The maximum atomic E-state index is 5.86. The van der Waals surface area contributed by atoms with E-state index in [4.69, 9.17) is 4.74 Å². The van der Waals surface area contributed by atoms with Crippen molar-refractivity contribution in [2.45, 2.75) is 25.8 Å². The summed E-state index contributed by atoms with van der Waals surface area (Å²) >= 11 is 5.25. The highest BCUT2D eigenvalue weighted by Crippen LogP contribution is 2.37. The van der Waals surface area contributed by atoms with Gasteiger partial charge in [0.05, 0.1) is 11.7 Å². The Labute approximate surface area is 125 Å². The van der Waals surface area contributed by atoms with E-state index >= 15 is 0 Å². The normalized spacial score (nSPS) is 17.8. The van der Waals surface area contributed by atoms with Crippen LogP contribution in [0.2, 0.25) is 0 Å². The molecule has 0 spiro atoms. The van der Waals surface area contributed by atoms with E-state index in [0.29, 0.717) is 12.5 Å². The number of thiophene rings is 1. The van der Waals surface area contributed by atoms with Gasteiger partial charge in [0.1, 0.15) is 12.4 Å². The molecule has 1 aromatic carbocycles. The third kappa shape index (κ3) is 2.65. The topological polar surface area (TPSA) is 21.3 Å². The standard InChI is InChI=1S/C15H16BrNOS/c1-9(2)10-3-4-14-12(5-10)17-13(7-18-14)15-6-11(16)8-19-15/h3-6,8-9,13,17H,7H2,1-2H3. The predicted molar refractivity (Wildman–Crippen MR) is 84.4 cm³/mol. The summed E-state index contributed by atoms with van der Waals surface area (Å²) < 4.78 is 7.00. The molecule has 1 aliphatic rings. The third-order valence-corrected chi connectivity index (χ3v) is 5.14. The smallest absolute Gasteiger partial charge is 0.142 e. The minimum absolute atomic E-state index is 0.242. The second-order valence-corrected chi connectivity index (χ2v) is 6.94. The number of ether oxygens (including phenoxy) is 1. The molecule has 1 N–H and O–H groups in total. The van der Waals surface area contributed by atoms with Gasteiger partial charge in [-0.3, -0.25) is 0 Å². The first-order valence-corrected chi connectivity index (χ1v) is 8.08.